The van der Waals surface area contributed by atoms with Crippen LogP contribution in [0.5, 0.6) is 0 Å². The molecule has 0 spiro atoms. The molecule has 0 aliphatic carbocycles. The molecule has 1 unspecified atom stereocenters. The minimum absolute atomic E-state index is 0.101. The summed E-state index contributed by atoms with van der Waals surface area (Å²) >= 11 is 0. The van der Waals surface area contributed by atoms with Gasteiger partial charge in [-0.2, -0.15) is 0 Å². The summed E-state index contributed by atoms with van der Waals surface area (Å²) in [6.45, 7) is 0.111. The van der Waals surface area contributed by atoms with Gasteiger partial charge in [-0.1, -0.05) is 30.3 Å². The van der Waals surface area contributed by atoms with E-state index in [0.29, 0.717) is 6.42 Å². The fourth-order valence-electron chi connectivity index (χ4n) is 1.74. The van der Waals surface area contributed by atoms with Gasteiger partial charge in [0.15, 0.2) is 0 Å². The molecule has 3 N–H and O–H groups in total. The van der Waals surface area contributed by atoms with Crippen molar-refractivity contribution in [1.82, 2.24) is 9.62 Å². The molecule has 1 aromatic rings. The summed E-state index contributed by atoms with van der Waals surface area (Å²) < 4.78 is 24.2. The number of nitrogens with one attached hydrogen (secondary N) is 1. The van der Waals surface area contributed by atoms with E-state index >= 15 is 0 Å². The van der Waals surface area contributed by atoms with Gasteiger partial charge in [0.1, 0.15) is 0 Å². The molecule has 1 amide bonds. The molecule has 7 heteroatoms. The van der Waals surface area contributed by atoms with Crippen molar-refractivity contribution in [2.45, 2.75) is 18.9 Å². The van der Waals surface area contributed by atoms with Gasteiger partial charge in [0.05, 0.1) is 5.75 Å². The molecule has 0 bridgehead atoms. The summed E-state index contributed by atoms with van der Waals surface area (Å²) in [5.74, 6) is -0.286. The highest BCUT2D eigenvalue weighted by molar-refractivity contribution is 7.89. The van der Waals surface area contributed by atoms with Crippen molar-refractivity contribution in [3.63, 3.8) is 0 Å². The van der Waals surface area contributed by atoms with Crippen LogP contribution in [-0.2, 0) is 14.8 Å². The lowest BCUT2D eigenvalue weighted by molar-refractivity contribution is -0.121. The van der Waals surface area contributed by atoms with Crippen LogP contribution in [0, 0.1) is 0 Å². The van der Waals surface area contributed by atoms with Crippen LogP contribution in [0.4, 0.5) is 0 Å². The van der Waals surface area contributed by atoms with E-state index in [9.17, 15) is 13.2 Å². The molecule has 1 aromatic carbocycles. The minimum atomic E-state index is -3.27. The van der Waals surface area contributed by atoms with Crippen molar-refractivity contribution in [2.75, 3.05) is 26.4 Å². The van der Waals surface area contributed by atoms with E-state index < -0.39 is 10.0 Å². The molecule has 1 atom stereocenters. The number of nitrogens with zero attached hydrogens (tertiary/aromatic N) is 1. The van der Waals surface area contributed by atoms with E-state index in [-0.39, 0.29) is 30.7 Å². The molecule has 0 aromatic heterocycles. The Morgan fingerprint density at radius 2 is 1.90 bits per heavy atom. The lowest BCUT2D eigenvalue weighted by atomic mass is 10.0. The first-order chi connectivity index (χ1) is 9.83. The third kappa shape index (κ3) is 6.24. The number of sulfonamides is 1. The lowest BCUT2D eigenvalue weighted by Crippen LogP contribution is -2.34. The van der Waals surface area contributed by atoms with E-state index in [0.717, 1.165) is 9.87 Å². The van der Waals surface area contributed by atoms with Gasteiger partial charge in [0.25, 0.3) is 0 Å². The van der Waals surface area contributed by atoms with Crippen LogP contribution in [-0.4, -0.2) is 45.0 Å². The van der Waals surface area contributed by atoms with Crippen molar-refractivity contribution < 1.29 is 13.2 Å². The first-order valence-electron chi connectivity index (χ1n) is 6.80. The fraction of sp³-hybridized carbons (Fsp3) is 0.500. The van der Waals surface area contributed by atoms with Crippen LogP contribution in [0.15, 0.2) is 30.3 Å². The monoisotopic (exact) mass is 313 g/mol. The SMILES string of the molecule is CN(C)S(=O)(=O)CCNC(=O)CCC(N)c1ccccc1. The number of hydrogen-bond acceptors (Lipinski definition) is 4. The van der Waals surface area contributed by atoms with E-state index in [1.807, 2.05) is 30.3 Å². The predicted molar refractivity (Wildman–Crippen MR) is 83.1 cm³/mol. The van der Waals surface area contributed by atoms with E-state index in [2.05, 4.69) is 5.32 Å². The fourth-order valence-corrected chi connectivity index (χ4v) is 2.47. The van der Waals surface area contributed by atoms with E-state index in [4.69, 9.17) is 5.73 Å². The van der Waals surface area contributed by atoms with Crippen LogP contribution in [0.1, 0.15) is 24.4 Å². The van der Waals surface area contributed by atoms with Crippen LogP contribution in [0.25, 0.3) is 0 Å². The zero-order valence-corrected chi connectivity index (χ0v) is 13.3. The van der Waals surface area contributed by atoms with E-state index in [1.54, 1.807) is 0 Å². The molecule has 0 aliphatic heterocycles. The Morgan fingerprint density at radius 1 is 1.29 bits per heavy atom. The smallest absolute Gasteiger partial charge is 0.220 e. The second-order valence-electron chi connectivity index (χ2n) is 5.00. The number of benzene rings is 1. The zero-order chi connectivity index (χ0) is 15.9. The predicted octanol–water partition coefficient (Wildman–Crippen LogP) is 0.474. The highest BCUT2D eigenvalue weighted by Crippen LogP contribution is 2.14. The topological polar surface area (TPSA) is 92.5 Å². The number of nitrogens with two attached hydrogens (primary N) is 1. The Bertz CT molecular complexity index is 544. The van der Waals surface area contributed by atoms with Crippen molar-refractivity contribution in [3.8, 4) is 0 Å². The molecular formula is C14H23N3O3S. The first kappa shape index (κ1) is 17.6. The summed E-state index contributed by atoms with van der Waals surface area (Å²) in [7, 11) is -0.338. The van der Waals surface area contributed by atoms with Gasteiger partial charge in [0.2, 0.25) is 15.9 Å². The minimum Gasteiger partial charge on any atom is -0.355 e. The van der Waals surface area contributed by atoms with Gasteiger partial charge in [-0.05, 0) is 12.0 Å². The first-order valence-corrected chi connectivity index (χ1v) is 8.41. The normalized spacial score (nSPS) is 13.1. The molecular weight excluding hydrogens is 290 g/mol. The molecule has 0 saturated carbocycles. The van der Waals surface area contributed by atoms with Gasteiger partial charge >= 0.3 is 0 Å². The Hall–Kier alpha value is -1.44. The zero-order valence-electron chi connectivity index (χ0n) is 12.5. The molecule has 21 heavy (non-hydrogen) atoms. The second kappa shape index (κ2) is 8.11. The van der Waals surface area contributed by atoms with Crippen molar-refractivity contribution in [2.24, 2.45) is 5.73 Å². The van der Waals surface area contributed by atoms with Gasteiger partial charge in [-0.25, -0.2) is 12.7 Å². The average Bonchev–Trinajstić information content (AvgIpc) is 2.45. The summed E-state index contributed by atoms with van der Waals surface area (Å²) in [6, 6.07) is 9.37. The average molecular weight is 313 g/mol. The summed E-state index contributed by atoms with van der Waals surface area (Å²) in [5, 5.41) is 2.60. The highest BCUT2D eigenvalue weighted by Gasteiger charge is 2.14. The van der Waals surface area contributed by atoms with Crippen LogP contribution < -0.4 is 11.1 Å². The van der Waals surface area contributed by atoms with Gasteiger partial charge in [0, 0.05) is 33.1 Å². The number of carbonyl (C=O) groups excluding carboxylic acids is 1. The maximum absolute atomic E-state index is 11.7. The molecule has 0 radical (unpaired) electrons. The van der Waals surface area contributed by atoms with Crippen molar-refractivity contribution in [3.05, 3.63) is 35.9 Å². The largest absolute Gasteiger partial charge is 0.355 e. The highest BCUT2D eigenvalue weighted by atomic mass is 32.2. The maximum Gasteiger partial charge on any atom is 0.220 e. The Labute approximate surface area is 126 Å². The standard InChI is InChI=1S/C14H23N3O3S/c1-17(2)21(19,20)11-10-16-14(18)9-8-13(15)12-6-4-3-5-7-12/h3-7,13H,8-11,15H2,1-2H3,(H,16,18). The second-order valence-corrected chi connectivity index (χ2v) is 7.31. The Morgan fingerprint density at radius 3 is 2.48 bits per heavy atom. The molecule has 6 nitrogen and oxygen atoms in total. The Kier molecular flexibility index (Phi) is 6.80. The van der Waals surface area contributed by atoms with Gasteiger partial charge < -0.3 is 11.1 Å². The lowest BCUT2D eigenvalue weighted by Gasteiger charge is -2.13. The number of carbonyl (C=O) groups is 1. The molecule has 0 saturated heterocycles. The maximum atomic E-state index is 11.7. The molecule has 0 fully saturated rings. The third-order valence-corrected chi connectivity index (χ3v) is 4.98. The van der Waals surface area contributed by atoms with E-state index in [1.165, 1.54) is 14.1 Å². The molecule has 1 rings (SSSR count). The quantitative estimate of drug-likeness (QED) is 0.730. The number of rotatable bonds is 8. The molecule has 0 heterocycles. The van der Waals surface area contributed by atoms with Gasteiger partial charge in [-0.15, -0.1) is 0 Å². The number of amides is 1. The summed E-state index contributed by atoms with van der Waals surface area (Å²) in [5.41, 5.74) is 6.98. The van der Waals surface area contributed by atoms with Crippen LogP contribution in [0.3, 0.4) is 0 Å². The molecule has 118 valence electrons. The summed E-state index contributed by atoms with van der Waals surface area (Å²) in [6.07, 6.45) is 0.800. The van der Waals surface area contributed by atoms with Gasteiger partial charge in [-0.3, -0.25) is 4.79 Å². The third-order valence-electron chi connectivity index (χ3n) is 3.15. The Balaban J connectivity index is 2.29. The molecule has 0 aliphatic rings. The van der Waals surface area contributed by atoms with Crippen LogP contribution in [0.2, 0.25) is 0 Å². The van der Waals surface area contributed by atoms with Crippen LogP contribution >= 0.6 is 0 Å². The summed E-state index contributed by atoms with van der Waals surface area (Å²) in [4.78, 5) is 11.7. The number of hydrogen-bond donors (Lipinski definition) is 2. The van der Waals surface area contributed by atoms with Crippen molar-refractivity contribution >= 4 is 15.9 Å². The van der Waals surface area contributed by atoms with Crippen molar-refractivity contribution in [1.29, 1.82) is 0 Å².